The number of amides is 1. The SMILES string of the molecule is COc1ccc(F)cc1-c1csc(NC(=O)c2ccc(OCc3nsnc3C)cc2)n1. The van der Waals surface area contributed by atoms with Crippen LogP contribution < -0.4 is 14.8 Å². The minimum Gasteiger partial charge on any atom is -0.496 e. The van der Waals surface area contributed by atoms with E-state index in [0.717, 1.165) is 23.1 Å². The van der Waals surface area contributed by atoms with Crippen molar-refractivity contribution in [1.82, 2.24) is 13.7 Å². The molecule has 1 amide bonds. The van der Waals surface area contributed by atoms with Crippen LogP contribution in [0.4, 0.5) is 9.52 Å². The molecular formula is C21H17FN4O3S2. The number of aryl methyl sites for hydroxylation is 1. The van der Waals surface area contributed by atoms with Crippen LogP contribution in [0, 0.1) is 12.7 Å². The van der Waals surface area contributed by atoms with Crippen molar-refractivity contribution >= 4 is 34.1 Å². The normalized spacial score (nSPS) is 10.7. The number of thiazole rings is 1. The van der Waals surface area contributed by atoms with E-state index in [9.17, 15) is 9.18 Å². The molecular weight excluding hydrogens is 439 g/mol. The summed E-state index contributed by atoms with van der Waals surface area (Å²) in [4.78, 5) is 16.9. The van der Waals surface area contributed by atoms with Crippen molar-refractivity contribution in [2.45, 2.75) is 13.5 Å². The zero-order chi connectivity index (χ0) is 21.8. The number of rotatable bonds is 7. The molecule has 0 radical (unpaired) electrons. The molecule has 0 bridgehead atoms. The largest absolute Gasteiger partial charge is 0.496 e. The average molecular weight is 457 g/mol. The van der Waals surface area contributed by atoms with Crippen molar-refractivity contribution in [3.63, 3.8) is 0 Å². The third-order valence-electron chi connectivity index (χ3n) is 4.40. The highest BCUT2D eigenvalue weighted by Gasteiger charge is 2.14. The van der Waals surface area contributed by atoms with Crippen molar-refractivity contribution in [1.29, 1.82) is 0 Å². The monoisotopic (exact) mass is 456 g/mol. The number of ether oxygens (including phenoxy) is 2. The maximum Gasteiger partial charge on any atom is 0.257 e. The van der Waals surface area contributed by atoms with E-state index >= 15 is 0 Å². The maximum atomic E-state index is 13.6. The van der Waals surface area contributed by atoms with Crippen molar-refractivity contribution < 1.29 is 18.7 Å². The molecule has 0 atom stereocenters. The average Bonchev–Trinajstić information content (AvgIpc) is 3.41. The number of nitrogens with one attached hydrogen (secondary N) is 1. The molecule has 2 aromatic heterocycles. The van der Waals surface area contributed by atoms with E-state index in [1.54, 1.807) is 29.6 Å². The minimum absolute atomic E-state index is 0.307. The van der Waals surface area contributed by atoms with E-state index in [-0.39, 0.29) is 5.91 Å². The minimum atomic E-state index is -0.391. The number of benzene rings is 2. The van der Waals surface area contributed by atoms with Gasteiger partial charge in [-0.25, -0.2) is 9.37 Å². The molecule has 4 rings (SSSR count). The van der Waals surface area contributed by atoms with E-state index in [0.29, 0.717) is 40.1 Å². The first-order chi connectivity index (χ1) is 15.0. The molecule has 1 N–H and O–H groups in total. The van der Waals surface area contributed by atoms with Crippen LogP contribution in [0.3, 0.4) is 0 Å². The molecule has 0 spiro atoms. The van der Waals surface area contributed by atoms with Crippen LogP contribution in [0.5, 0.6) is 11.5 Å². The Kier molecular flexibility index (Phi) is 6.19. The summed E-state index contributed by atoms with van der Waals surface area (Å²) >= 11 is 2.39. The maximum absolute atomic E-state index is 13.6. The Bertz CT molecular complexity index is 1210. The highest BCUT2D eigenvalue weighted by molar-refractivity contribution is 7.14. The van der Waals surface area contributed by atoms with Gasteiger partial charge in [-0.3, -0.25) is 10.1 Å². The zero-order valence-corrected chi connectivity index (χ0v) is 18.2. The van der Waals surface area contributed by atoms with E-state index in [1.165, 1.54) is 36.6 Å². The van der Waals surface area contributed by atoms with Crippen LogP contribution in [-0.2, 0) is 6.61 Å². The van der Waals surface area contributed by atoms with E-state index in [2.05, 4.69) is 19.0 Å². The van der Waals surface area contributed by atoms with Gasteiger partial charge in [0.2, 0.25) is 0 Å². The summed E-state index contributed by atoms with van der Waals surface area (Å²) in [6.45, 7) is 2.20. The Morgan fingerprint density at radius 3 is 2.68 bits per heavy atom. The van der Waals surface area contributed by atoms with Gasteiger partial charge in [-0.05, 0) is 49.4 Å². The second kappa shape index (κ2) is 9.19. The Morgan fingerprint density at radius 1 is 1.16 bits per heavy atom. The molecule has 158 valence electrons. The molecule has 0 aliphatic heterocycles. The second-order valence-electron chi connectivity index (χ2n) is 6.45. The smallest absolute Gasteiger partial charge is 0.257 e. The lowest BCUT2D eigenvalue weighted by Crippen LogP contribution is -2.11. The Morgan fingerprint density at radius 2 is 1.97 bits per heavy atom. The molecule has 0 aliphatic rings. The molecule has 4 aromatic rings. The van der Waals surface area contributed by atoms with Crippen molar-refractivity contribution in [2.24, 2.45) is 0 Å². The Labute approximate surface area is 185 Å². The number of aromatic nitrogens is 3. The molecule has 0 unspecified atom stereocenters. The van der Waals surface area contributed by atoms with Crippen molar-refractivity contribution in [3.05, 3.63) is 70.6 Å². The molecule has 0 aliphatic carbocycles. The summed E-state index contributed by atoms with van der Waals surface area (Å²) in [5.74, 6) is 0.429. The summed E-state index contributed by atoms with van der Waals surface area (Å²) < 4.78 is 32.9. The van der Waals surface area contributed by atoms with Crippen LogP contribution >= 0.6 is 23.1 Å². The highest BCUT2D eigenvalue weighted by atomic mass is 32.1. The summed E-state index contributed by atoms with van der Waals surface area (Å²) in [7, 11) is 1.51. The number of halogens is 1. The fourth-order valence-electron chi connectivity index (χ4n) is 2.74. The summed E-state index contributed by atoms with van der Waals surface area (Å²) in [6, 6.07) is 11.0. The van der Waals surface area contributed by atoms with Crippen LogP contribution in [-0.4, -0.2) is 26.7 Å². The van der Waals surface area contributed by atoms with Crippen LogP contribution in [0.1, 0.15) is 21.7 Å². The number of nitrogens with zero attached hydrogens (tertiary/aromatic N) is 3. The first kappa shape index (κ1) is 20.9. The van der Waals surface area contributed by atoms with Gasteiger partial charge in [0.25, 0.3) is 5.91 Å². The topological polar surface area (TPSA) is 86.2 Å². The lowest BCUT2D eigenvalue weighted by Gasteiger charge is -2.07. The van der Waals surface area contributed by atoms with Gasteiger partial charge in [-0.1, -0.05) is 0 Å². The summed E-state index contributed by atoms with van der Waals surface area (Å²) in [5.41, 5.74) is 3.14. The van der Waals surface area contributed by atoms with Gasteiger partial charge in [0, 0.05) is 16.5 Å². The number of anilines is 1. The Balaban J connectivity index is 1.41. The fraction of sp³-hybridized carbons (Fsp3) is 0.143. The quantitative estimate of drug-likeness (QED) is 0.424. The lowest BCUT2D eigenvalue weighted by molar-refractivity contribution is 0.102. The van der Waals surface area contributed by atoms with Gasteiger partial charge in [-0.2, -0.15) is 8.75 Å². The highest BCUT2D eigenvalue weighted by Crippen LogP contribution is 2.33. The summed E-state index contributed by atoms with van der Waals surface area (Å²) in [6.07, 6.45) is 0. The van der Waals surface area contributed by atoms with Crippen LogP contribution in [0.15, 0.2) is 47.8 Å². The first-order valence-corrected chi connectivity index (χ1v) is 10.8. The fourth-order valence-corrected chi connectivity index (χ4v) is 4.00. The molecule has 7 nitrogen and oxygen atoms in total. The number of carbonyl (C=O) groups is 1. The summed E-state index contributed by atoms with van der Waals surface area (Å²) in [5, 5.41) is 4.89. The molecule has 2 heterocycles. The van der Waals surface area contributed by atoms with Gasteiger partial charge >= 0.3 is 0 Å². The number of hydrogen-bond acceptors (Lipinski definition) is 8. The predicted octanol–water partition coefficient (Wildman–Crippen LogP) is 4.95. The standard InChI is InChI=1S/C21H17FN4O3S2/c1-12-17(26-31-25-12)10-29-15-6-3-13(4-7-15)20(27)24-21-23-18(11-30-21)16-9-14(22)5-8-19(16)28-2/h3-9,11H,10H2,1-2H3,(H,23,24,27). The number of methoxy groups -OCH3 is 1. The van der Waals surface area contributed by atoms with Gasteiger partial charge < -0.3 is 9.47 Å². The van der Waals surface area contributed by atoms with Gasteiger partial charge in [0.15, 0.2) is 5.13 Å². The third kappa shape index (κ3) is 4.86. The van der Waals surface area contributed by atoms with Gasteiger partial charge in [0.05, 0.1) is 30.2 Å². The van der Waals surface area contributed by atoms with Gasteiger partial charge in [-0.15, -0.1) is 11.3 Å². The van der Waals surface area contributed by atoms with E-state index < -0.39 is 5.82 Å². The molecule has 0 fully saturated rings. The van der Waals surface area contributed by atoms with Gasteiger partial charge in [0.1, 0.15) is 29.6 Å². The van der Waals surface area contributed by atoms with Crippen LogP contribution in [0.25, 0.3) is 11.3 Å². The molecule has 0 saturated carbocycles. The molecule has 0 saturated heterocycles. The molecule has 31 heavy (non-hydrogen) atoms. The Hall–Kier alpha value is -3.37. The molecule has 2 aromatic carbocycles. The zero-order valence-electron chi connectivity index (χ0n) is 16.6. The third-order valence-corrected chi connectivity index (χ3v) is 5.82. The number of hydrogen-bond donors (Lipinski definition) is 1. The van der Waals surface area contributed by atoms with E-state index in [1.807, 2.05) is 6.92 Å². The van der Waals surface area contributed by atoms with Crippen LogP contribution in [0.2, 0.25) is 0 Å². The van der Waals surface area contributed by atoms with Crippen molar-refractivity contribution in [3.8, 4) is 22.8 Å². The van der Waals surface area contributed by atoms with E-state index in [4.69, 9.17) is 9.47 Å². The first-order valence-electron chi connectivity index (χ1n) is 9.15. The number of carbonyl (C=O) groups excluding carboxylic acids is 1. The lowest BCUT2D eigenvalue weighted by atomic mass is 10.1. The predicted molar refractivity (Wildman–Crippen MR) is 117 cm³/mol. The second-order valence-corrected chi connectivity index (χ2v) is 7.83. The molecule has 10 heteroatoms. The van der Waals surface area contributed by atoms with Crippen molar-refractivity contribution in [2.75, 3.05) is 12.4 Å².